The van der Waals surface area contributed by atoms with Crippen LogP contribution in [0.2, 0.25) is 0 Å². The van der Waals surface area contributed by atoms with E-state index in [1.54, 1.807) is 0 Å². The van der Waals surface area contributed by atoms with Gasteiger partial charge in [-0.2, -0.15) is 0 Å². The smallest absolute Gasteiger partial charge is 0.0449 e. The Bertz CT molecular complexity index is 169. The molecule has 0 fully saturated rings. The summed E-state index contributed by atoms with van der Waals surface area (Å²) in [5, 5.41) is 0. The first-order valence-electron chi connectivity index (χ1n) is 2.34. The quantitative estimate of drug-likeness (QED) is 0.388. The molecule has 0 amide bonds. The zero-order valence-corrected chi connectivity index (χ0v) is 7.64. The van der Waals surface area contributed by atoms with Gasteiger partial charge in [0.05, 0.1) is 0 Å². The topological polar surface area (TPSA) is 26.0 Å². The third-order valence-corrected chi connectivity index (χ3v) is 1.34. The van der Waals surface area contributed by atoms with E-state index in [0.29, 0.717) is 0 Å². The van der Waals surface area contributed by atoms with Gasteiger partial charge < -0.3 is 5.73 Å². The molecule has 48 valence electrons. The molecule has 1 aromatic rings. The molecule has 1 aromatic carbocycles. The molecule has 0 heterocycles. The van der Waals surface area contributed by atoms with Crippen molar-refractivity contribution in [3.8, 4) is 0 Å². The maximum absolute atomic E-state index is 5.44. The van der Waals surface area contributed by atoms with Crippen LogP contribution in [-0.4, -0.2) is 0 Å². The summed E-state index contributed by atoms with van der Waals surface area (Å²) in [6.07, 6.45) is 0. The van der Waals surface area contributed by atoms with Crippen LogP contribution in [0, 0.1) is 0 Å². The Kier molecular flexibility index (Phi) is 3.99. The molecule has 0 unspecified atom stereocenters. The number of nitrogen functional groups attached to an aromatic ring is 1. The van der Waals surface area contributed by atoms with Crippen molar-refractivity contribution in [2.24, 2.45) is 0 Å². The minimum atomic E-state index is 0. The van der Waals surface area contributed by atoms with Gasteiger partial charge in [0.25, 0.3) is 0 Å². The summed E-state index contributed by atoms with van der Waals surface area (Å²) in [5.74, 6) is 0. The molecule has 0 aliphatic carbocycles. The second-order valence-corrected chi connectivity index (χ2v) is 2.04. The normalized spacial score (nSPS) is 8.11. The molecule has 0 atom stereocenters. The largest absolute Gasteiger partial charge is 0.398 e. The van der Waals surface area contributed by atoms with Crippen molar-refractivity contribution in [3.63, 3.8) is 0 Å². The molecule has 0 radical (unpaired) electrons. The summed E-state index contributed by atoms with van der Waals surface area (Å²) in [6, 6.07) is 7.47. The van der Waals surface area contributed by atoms with Crippen molar-refractivity contribution in [1.82, 2.24) is 0 Å². The number of anilines is 1. The number of hydrogen-bond donors (Lipinski definition) is 2. The van der Waals surface area contributed by atoms with Crippen molar-refractivity contribution in [2.45, 2.75) is 4.90 Å². The molecular weight excluding hydrogens is 214 g/mol. The van der Waals surface area contributed by atoms with Crippen molar-refractivity contribution in [1.29, 1.82) is 0 Å². The molecule has 1 nitrogen and oxygen atoms in total. The Balaban J connectivity index is 0.000000640. The number of benzene rings is 1. The minimum absolute atomic E-state index is 0. The van der Waals surface area contributed by atoms with E-state index in [-0.39, 0.29) is 21.1 Å². The Morgan fingerprint density at radius 1 is 1.22 bits per heavy atom. The van der Waals surface area contributed by atoms with E-state index in [2.05, 4.69) is 12.6 Å². The van der Waals surface area contributed by atoms with Gasteiger partial charge in [0, 0.05) is 31.6 Å². The molecule has 0 aromatic heterocycles. The monoisotopic (exact) mass is 223 g/mol. The average Bonchev–Trinajstić information content (AvgIpc) is 1.77. The van der Waals surface area contributed by atoms with Crippen LogP contribution in [-0.2, 0) is 21.1 Å². The summed E-state index contributed by atoms with van der Waals surface area (Å²) in [4.78, 5) is 0.840. The van der Waals surface area contributed by atoms with Crippen molar-refractivity contribution in [3.05, 3.63) is 24.3 Å². The molecule has 3 heteroatoms. The molecule has 1 rings (SSSR count). The predicted octanol–water partition coefficient (Wildman–Crippen LogP) is 1.55. The van der Waals surface area contributed by atoms with Crippen LogP contribution >= 0.6 is 12.6 Å². The fraction of sp³-hybridized carbons (Fsp3) is 0. The summed E-state index contributed by atoms with van der Waals surface area (Å²) in [7, 11) is 0. The first-order chi connectivity index (χ1) is 3.80. The fourth-order valence-corrected chi connectivity index (χ4v) is 0.648. The van der Waals surface area contributed by atoms with Crippen molar-refractivity contribution in [2.75, 3.05) is 5.73 Å². The Morgan fingerprint density at radius 2 is 1.78 bits per heavy atom. The van der Waals surface area contributed by atoms with Gasteiger partial charge in [-0.1, -0.05) is 12.1 Å². The van der Waals surface area contributed by atoms with Gasteiger partial charge in [-0.15, -0.1) is 12.6 Å². The van der Waals surface area contributed by atoms with Crippen LogP contribution in [0.4, 0.5) is 5.69 Å². The van der Waals surface area contributed by atoms with E-state index in [1.165, 1.54) is 0 Å². The molecule has 0 bridgehead atoms. The maximum atomic E-state index is 5.44. The molecular formula is C6H7MoNS. The molecule has 0 aliphatic heterocycles. The summed E-state index contributed by atoms with van der Waals surface area (Å²) < 4.78 is 0. The van der Waals surface area contributed by atoms with Crippen molar-refractivity contribution < 1.29 is 21.1 Å². The van der Waals surface area contributed by atoms with Crippen LogP contribution in [0.25, 0.3) is 0 Å². The van der Waals surface area contributed by atoms with Gasteiger partial charge in [-0.25, -0.2) is 0 Å². The second kappa shape index (κ2) is 3.97. The standard InChI is InChI=1S/C6H7NS.Mo/c7-5-3-1-2-4-6(5)8;/h1-4,8H,7H2;. The first-order valence-corrected chi connectivity index (χ1v) is 2.79. The number of nitrogens with two attached hydrogens (primary N) is 1. The van der Waals surface area contributed by atoms with Crippen LogP contribution < -0.4 is 5.73 Å². The average molecular weight is 221 g/mol. The van der Waals surface area contributed by atoms with E-state index in [9.17, 15) is 0 Å². The number of para-hydroxylation sites is 1. The van der Waals surface area contributed by atoms with Crippen molar-refractivity contribution >= 4 is 18.3 Å². The Hall–Kier alpha value is 0.0583. The SMILES string of the molecule is Nc1ccccc1S.[Mo]. The molecule has 2 N–H and O–H groups in total. The van der Waals surface area contributed by atoms with Crippen LogP contribution in [0.5, 0.6) is 0 Å². The summed E-state index contributed by atoms with van der Waals surface area (Å²) in [5.41, 5.74) is 6.18. The van der Waals surface area contributed by atoms with Crippen LogP contribution in [0.1, 0.15) is 0 Å². The maximum Gasteiger partial charge on any atom is 0.0449 e. The van der Waals surface area contributed by atoms with Gasteiger partial charge in [-0.3, -0.25) is 0 Å². The molecule has 0 saturated heterocycles. The van der Waals surface area contributed by atoms with Gasteiger partial charge in [-0.05, 0) is 12.1 Å². The second-order valence-electron chi connectivity index (χ2n) is 1.56. The third kappa shape index (κ3) is 2.42. The van der Waals surface area contributed by atoms with Crippen LogP contribution in [0.15, 0.2) is 29.2 Å². The van der Waals surface area contributed by atoms with E-state index >= 15 is 0 Å². The number of rotatable bonds is 0. The van der Waals surface area contributed by atoms with E-state index in [1.807, 2.05) is 24.3 Å². The Labute approximate surface area is 74.3 Å². The van der Waals surface area contributed by atoms with E-state index in [0.717, 1.165) is 10.6 Å². The molecule has 0 aliphatic rings. The zero-order chi connectivity index (χ0) is 5.98. The summed E-state index contributed by atoms with van der Waals surface area (Å²) in [6.45, 7) is 0. The molecule has 0 spiro atoms. The van der Waals surface area contributed by atoms with Gasteiger partial charge in [0.2, 0.25) is 0 Å². The van der Waals surface area contributed by atoms with Gasteiger partial charge in [0.1, 0.15) is 0 Å². The minimum Gasteiger partial charge on any atom is -0.398 e. The number of hydrogen-bond acceptors (Lipinski definition) is 2. The van der Waals surface area contributed by atoms with Crippen LogP contribution in [0.3, 0.4) is 0 Å². The van der Waals surface area contributed by atoms with Gasteiger partial charge in [0.15, 0.2) is 0 Å². The fourth-order valence-electron chi connectivity index (χ4n) is 0.488. The predicted molar refractivity (Wildman–Crippen MR) is 38.1 cm³/mol. The molecule has 0 saturated carbocycles. The zero-order valence-electron chi connectivity index (χ0n) is 4.74. The van der Waals surface area contributed by atoms with E-state index < -0.39 is 0 Å². The first kappa shape index (κ1) is 9.06. The van der Waals surface area contributed by atoms with E-state index in [4.69, 9.17) is 5.73 Å². The third-order valence-electron chi connectivity index (χ3n) is 0.937. The number of thiol groups is 1. The van der Waals surface area contributed by atoms with Gasteiger partial charge >= 0.3 is 0 Å². The Morgan fingerprint density at radius 3 is 2.11 bits per heavy atom. The molecule has 9 heavy (non-hydrogen) atoms. The summed E-state index contributed by atoms with van der Waals surface area (Å²) >= 11 is 4.07.